The molecule has 0 saturated carbocycles. The fourth-order valence-electron chi connectivity index (χ4n) is 2.48. The Morgan fingerprint density at radius 2 is 1.52 bits per heavy atom. The summed E-state index contributed by atoms with van der Waals surface area (Å²) in [7, 11) is 1.66. The summed E-state index contributed by atoms with van der Waals surface area (Å²) in [6, 6.07) is 15.9. The quantitative estimate of drug-likeness (QED) is 0.806. The van der Waals surface area contributed by atoms with Crippen LogP contribution in [0.15, 0.2) is 54.1 Å². The molecule has 0 aromatic heterocycles. The average Bonchev–Trinajstić information content (AvgIpc) is 2.63. The Hall–Kier alpha value is -2.30. The number of ether oxygens (including phenoxy) is 4. The molecule has 4 heteroatoms. The van der Waals surface area contributed by atoms with E-state index in [0.717, 1.165) is 28.2 Å². The zero-order valence-corrected chi connectivity index (χ0v) is 15.0. The van der Waals surface area contributed by atoms with Gasteiger partial charge in [0, 0.05) is 0 Å². The summed E-state index contributed by atoms with van der Waals surface area (Å²) in [5, 5.41) is 0. The SMILES string of the molecule is COc1ccc(COc2ccc(C=C3COC(C)(C)OC3)cc2)cc1. The molecule has 1 aliphatic heterocycles. The summed E-state index contributed by atoms with van der Waals surface area (Å²) in [6.45, 7) is 5.59. The van der Waals surface area contributed by atoms with Crippen molar-refractivity contribution in [3.63, 3.8) is 0 Å². The van der Waals surface area contributed by atoms with E-state index in [2.05, 4.69) is 6.08 Å². The van der Waals surface area contributed by atoms with Crippen molar-refractivity contribution in [1.82, 2.24) is 0 Å². The Bertz CT molecular complexity index is 703. The summed E-state index contributed by atoms with van der Waals surface area (Å²) >= 11 is 0. The zero-order valence-electron chi connectivity index (χ0n) is 15.0. The molecule has 1 saturated heterocycles. The van der Waals surface area contributed by atoms with Crippen LogP contribution in [0.3, 0.4) is 0 Å². The third-order valence-corrected chi connectivity index (χ3v) is 4.03. The molecule has 3 rings (SSSR count). The number of hydrogen-bond acceptors (Lipinski definition) is 4. The van der Waals surface area contributed by atoms with Gasteiger partial charge in [0.15, 0.2) is 5.79 Å². The monoisotopic (exact) mass is 340 g/mol. The second-order valence-corrected chi connectivity index (χ2v) is 6.49. The van der Waals surface area contributed by atoms with E-state index in [0.29, 0.717) is 19.8 Å². The van der Waals surface area contributed by atoms with E-state index in [1.54, 1.807) is 7.11 Å². The lowest BCUT2D eigenvalue weighted by Crippen LogP contribution is -2.35. The molecule has 4 nitrogen and oxygen atoms in total. The Morgan fingerprint density at radius 3 is 2.12 bits per heavy atom. The van der Waals surface area contributed by atoms with E-state index in [1.165, 1.54) is 0 Å². The first-order valence-corrected chi connectivity index (χ1v) is 8.37. The van der Waals surface area contributed by atoms with Crippen molar-refractivity contribution in [2.45, 2.75) is 26.2 Å². The van der Waals surface area contributed by atoms with Crippen molar-refractivity contribution >= 4 is 6.08 Å². The lowest BCUT2D eigenvalue weighted by molar-refractivity contribution is -0.225. The summed E-state index contributed by atoms with van der Waals surface area (Å²) in [4.78, 5) is 0. The number of benzene rings is 2. The van der Waals surface area contributed by atoms with Gasteiger partial charge in [-0.2, -0.15) is 0 Å². The van der Waals surface area contributed by atoms with E-state index in [-0.39, 0.29) is 0 Å². The van der Waals surface area contributed by atoms with Gasteiger partial charge in [-0.1, -0.05) is 30.3 Å². The van der Waals surface area contributed by atoms with Crippen molar-refractivity contribution in [2.24, 2.45) is 0 Å². The molecule has 2 aromatic rings. The van der Waals surface area contributed by atoms with E-state index in [9.17, 15) is 0 Å². The van der Waals surface area contributed by atoms with E-state index < -0.39 is 5.79 Å². The molecular weight excluding hydrogens is 316 g/mol. The molecule has 0 amide bonds. The number of rotatable bonds is 5. The minimum absolute atomic E-state index is 0.490. The van der Waals surface area contributed by atoms with Crippen LogP contribution in [0, 0.1) is 0 Å². The van der Waals surface area contributed by atoms with Gasteiger partial charge in [0.25, 0.3) is 0 Å². The predicted octanol–water partition coefficient (Wildman–Crippen LogP) is 4.44. The summed E-state index contributed by atoms with van der Waals surface area (Å²) in [6.07, 6.45) is 2.10. The van der Waals surface area contributed by atoms with Crippen molar-refractivity contribution < 1.29 is 18.9 Å². The summed E-state index contributed by atoms with van der Waals surface area (Å²) in [5.41, 5.74) is 3.34. The first-order chi connectivity index (χ1) is 12.0. The molecule has 1 heterocycles. The molecule has 132 valence electrons. The van der Waals surface area contributed by atoms with Crippen LogP contribution in [0.1, 0.15) is 25.0 Å². The standard InChI is InChI=1S/C21H24O4/c1-21(2)24-14-18(15-25-21)12-16-4-10-20(11-5-16)23-13-17-6-8-19(22-3)9-7-17/h4-12H,13-15H2,1-3H3. The Kier molecular flexibility index (Phi) is 5.41. The van der Waals surface area contributed by atoms with Crippen molar-refractivity contribution in [3.05, 3.63) is 65.2 Å². The van der Waals surface area contributed by atoms with E-state index >= 15 is 0 Å². The van der Waals surface area contributed by atoms with Crippen molar-refractivity contribution in [2.75, 3.05) is 20.3 Å². The van der Waals surface area contributed by atoms with Crippen LogP contribution < -0.4 is 9.47 Å². The van der Waals surface area contributed by atoms with Crippen LogP contribution in [0.25, 0.3) is 6.08 Å². The van der Waals surface area contributed by atoms with Gasteiger partial charge in [-0.05, 0) is 54.8 Å². The first-order valence-electron chi connectivity index (χ1n) is 8.37. The molecule has 0 spiro atoms. The largest absolute Gasteiger partial charge is 0.497 e. The third-order valence-electron chi connectivity index (χ3n) is 4.03. The molecule has 0 bridgehead atoms. The van der Waals surface area contributed by atoms with Gasteiger partial charge >= 0.3 is 0 Å². The van der Waals surface area contributed by atoms with Crippen molar-refractivity contribution in [1.29, 1.82) is 0 Å². The minimum Gasteiger partial charge on any atom is -0.497 e. The highest BCUT2D eigenvalue weighted by Gasteiger charge is 2.24. The van der Waals surface area contributed by atoms with Crippen LogP contribution in [-0.4, -0.2) is 26.1 Å². The van der Waals surface area contributed by atoms with Crippen LogP contribution in [0.2, 0.25) is 0 Å². The summed E-state index contributed by atoms with van der Waals surface area (Å²) in [5.74, 6) is 1.20. The molecule has 0 atom stereocenters. The van der Waals surface area contributed by atoms with Crippen molar-refractivity contribution in [3.8, 4) is 11.5 Å². The Morgan fingerprint density at radius 1 is 0.920 bits per heavy atom. The average molecular weight is 340 g/mol. The van der Waals surface area contributed by atoms with Gasteiger partial charge < -0.3 is 18.9 Å². The highest BCUT2D eigenvalue weighted by molar-refractivity contribution is 5.54. The molecule has 2 aromatic carbocycles. The smallest absolute Gasteiger partial charge is 0.163 e. The number of methoxy groups -OCH3 is 1. The molecule has 0 aliphatic carbocycles. The van der Waals surface area contributed by atoms with Gasteiger partial charge in [-0.25, -0.2) is 0 Å². The molecule has 1 aliphatic rings. The molecule has 0 N–H and O–H groups in total. The normalized spacial score (nSPS) is 16.4. The third kappa shape index (κ3) is 5.08. The Labute approximate surface area is 149 Å². The van der Waals surface area contributed by atoms with Crippen LogP contribution in [-0.2, 0) is 16.1 Å². The van der Waals surface area contributed by atoms with Crippen LogP contribution >= 0.6 is 0 Å². The van der Waals surface area contributed by atoms with E-state index in [1.807, 2.05) is 62.4 Å². The first kappa shape index (κ1) is 17.5. The molecule has 1 fully saturated rings. The summed E-state index contributed by atoms with van der Waals surface area (Å²) < 4.78 is 22.3. The van der Waals surface area contributed by atoms with Gasteiger partial charge in [0.05, 0.1) is 20.3 Å². The maximum atomic E-state index is 5.83. The second kappa shape index (κ2) is 7.72. The molecular formula is C21H24O4. The number of hydrogen-bond donors (Lipinski definition) is 0. The van der Waals surface area contributed by atoms with Gasteiger partial charge in [-0.15, -0.1) is 0 Å². The van der Waals surface area contributed by atoms with Crippen LogP contribution in [0.4, 0.5) is 0 Å². The van der Waals surface area contributed by atoms with Gasteiger partial charge in [-0.3, -0.25) is 0 Å². The van der Waals surface area contributed by atoms with Crippen LogP contribution in [0.5, 0.6) is 11.5 Å². The van der Waals surface area contributed by atoms with E-state index in [4.69, 9.17) is 18.9 Å². The second-order valence-electron chi connectivity index (χ2n) is 6.49. The maximum Gasteiger partial charge on any atom is 0.163 e. The predicted molar refractivity (Wildman–Crippen MR) is 97.7 cm³/mol. The highest BCUT2D eigenvalue weighted by atomic mass is 16.7. The highest BCUT2D eigenvalue weighted by Crippen LogP contribution is 2.22. The minimum atomic E-state index is -0.490. The molecule has 0 unspecified atom stereocenters. The lowest BCUT2D eigenvalue weighted by atomic mass is 10.1. The lowest BCUT2D eigenvalue weighted by Gasteiger charge is -2.31. The van der Waals surface area contributed by atoms with Gasteiger partial charge in [0.1, 0.15) is 18.1 Å². The topological polar surface area (TPSA) is 36.9 Å². The van der Waals surface area contributed by atoms with Gasteiger partial charge in [0.2, 0.25) is 0 Å². The molecule has 25 heavy (non-hydrogen) atoms. The Balaban J connectivity index is 1.55. The zero-order chi connectivity index (χ0) is 17.7. The fraction of sp³-hybridized carbons (Fsp3) is 0.333. The fourth-order valence-corrected chi connectivity index (χ4v) is 2.48. The molecule has 0 radical (unpaired) electrons. The maximum absolute atomic E-state index is 5.83.